The van der Waals surface area contributed by atoms with Gasteiger partial charge in [0.05, 0.1) is 6.61 Å². The molecule has 0 aliphatic rings. The third kappa shape index (κ3) is 2.74. The molecule has 1 unspecified atom stereocenters. The molecule has 0 amide bonds. The Morgan fingerprint density at radius 2 is 1.76 bits per heavy atom. The van der Waals surface area contributed by atoms with Gasteiger partial charge in [-0.15, -0.1) is 9.24 Å². The van der Waals surface area contributed by atoms with Crippen LogP contribution in [-0.4, -0.2) is 20.3 Å². The molecule has 0 aromatic heterocycles. The molecule has 0 N–H and O–H groups in total. The SMILES string of the molecule is COCCOc1c2ccccc2cc2cccc(CP)c12. The van der Waals surface area contributed by atoms with Gasteiger partial charge in [-0.05, 0) is 28.6 Å². The van der Waals surface area contributed by atoms with Gasteiger partial charge in [-0.1, -0.05) is 42.5 Å². The fraction of sp³-hybridized carbons (Fsp3) is 0.222. The highest BCUT2D eigenvalue weighted by atomic mass is 31.0. The van der Waals surface area contributed by atoms with E-state index < -0.39 is 0 Å². The van der Waals surface area contributed by atoms with Crippen molar-refractivity contribution in [3.8, 4) is 5.75 Å². The molecular weight excluding hydrogens is 279 g/mol. The first kappa shape index (κ1) is 14.3. The second-order valence-corrected chi connectivity index (χ2v) is 5.40. The van der Waals surface area contributed by atoms with Crippen molar-refractivity contribution in [2.75, 3.05) is 20.3 Å². The maximum Gasteiger partial charge on any atom is 0.135 e. The Balaban J connectivity index is 2.28. The first-order valence-electron chi connectivity index (χ1n) is 7.10. The Hall–Kier alpha value is -1.63. The quantitative estimate of drug-likeness (QED) is 0.395. The molecule has 1 atom stereocenters. The van der Waals surface area contributed by atoms with Gasteiger partial charge < -0.3 is 9.47 Å². The molecule has 0 saturated carbocycles. The van der Waals surface area contributed by atoms with Crippen LogP contribution in [0, 0.1) is 0 Å². The van der Waals surface area contributed by atoms with E-state index in [4.69, 9.17) is 9.47 Å². The monoisotopic (exact) mass is 298 g/mol. The summed E-state index contributed by atoms with van der Waals surface area (Å²) >= 11 is 0. The second kappa shape index (κ2) is 6.43. The van der Waals surface area contributed by atoms with E-state index in [-0.39, 0.29) is 0 Å². The minimum absolute atomic E-state index is 0.560. The van der Waals surface area contributed by atoms with Gasteiger partial charge in [0.15, 0.2) is 0 Å². The molecule has 0 aliphatic carbocycles. The summed E-state index contributed by atoms with van der Waals surface area (Å²) in [5.41, 5.74) is 1.29. The summed E-state index contributed by atoms with van der Waals surface area (Å²) in [5.74, 6) is 0.971. The van der Waals surface area contributed by atoms with Gasteiger partial charge in [0.25, 0.3) is 0 Å². The predicted octanol–water partition coefficient (Wildman–Crippen LogP) is 4.39. The van der Waals surface area contributed by atoms with E-state index in [0.717, 1.165) is 17.3 Å². The molecule has 0 bridgehead atoms. The van der Waals surface area contributed by atoms with Crippen molar-refractivity contribution in [2.45, 2.75) is 6.16 Å². The van der Waals surface area contributed by atoms with Crippen LogP contribution >= 0.6 is 9.24 Å². The Morgan fingerprint density at radius 1 is 0.952 bits per heavy atom. The molecular formula is C18H19O2P. The van der Waals surface area contributed by atoms with Gasteiger partial charge in [-0.2, -0.15) is 0 Å². The third-order valence-electron chi connectivity index (χ3n) is 3.68. The average molecular weight is 298 g/mol. The number of benzene rings is 3. The molecule has 0 saturated heterocycles. The number of hydrogen-bond acceptors (Lipinski definition) is 2. The van der Waals surface area contributed by atoms with Gasteiger partial charge >= 0.3 is 0 Å². The van der Waals surface area contributed by atoms with Crippen LogP contribution in [0.3, 0.4) is 0 Å². The lowest BCUT2D eigenvalue weighted by molar-refractivity contribution is 0.148. The second-order valence-electron chi connectivity index (χ2n) is 4.99. The van der Waals surface area contributed by atoms with Gasteiger partial charge in [-0.25, -0.2) is 0 Å². The zero-order valence-electron chi connectivity index (χ0n) is 12.1. The van der Waals surface area contributed by atoms with Crippen molar-refractivity contribution in [1.82, 2.24) is 0 Å². The molecule has 3 heteroatoms. The molecule has 0 heterocycles. The van der Waals surface area contributed by atoms with Crippen molar-refractivity contribution in [1.29, 1.82) is 0 Å². The molecule has 108 valence electrons. The lowest BCUT2D eigenvalue weighted by atomic mass is 9.99. The summed E-state index contributed by atoms with van der Waals surface area (Å²) in [6.45, 7) is 1.15. The van der Waals surface area contributed by atoms with E-state index in [1.807, 2.05) is 0 Å². The molecule has 3 aromatic rings. The molecule has 21 heavy (non-hydrogen) atoms. The highest BCUT2D eigenvalue weighted by Gasteiger charge is 2.11. The number of ether oxygens (including phenoxy) is 2. The smallest absolute Gasteiger partial charge is 0.135 e. The van der Waals surface area contributed by atoms with E-state index in [0.29, 0.717) is 13.2 Å². The van der Waals surface area contributed by atoms with Crippen LogP contribution in [0.25, 0.3) is 21.5 Å². The fourth-order valence-corrected chi connectivity index (χ4v) is 3.04. The van der Waals surface area contributed by atoms with Crippen LogP contribution in [0.2, 0.25) is 0 Å². The standard InChI is InChI=1S/C18H19O2P/c1-19-9-10-20-18-16-8-3-2-5-13(16)11-14-6-4-7-15(12-21)17(14)18/h2-8,11H,9-10,12,21H2,1H3. The van der Waals surface area contributed by atoms with E-state index >= 15 is 0 Å². The first-order chi connectivity index (χ1) is 10.3. The maximum atomic E-state index is 6.08. The van der Waals surface area contributed by atoms with Crippen LogP contribution in [0.15, 0.2) is 48.5 Å². The fourth-order valence-electron chi connectivity index (χ4n) is 2.70. The van der Waals surface area contributed by atoms with Gasteiger partial charge in [-0.3, -0.25) is 0 Å². The Bertz CT molecular complexity index is 768. The van der Waals surface area contributed by atoms with Crippen molar-refractivity contribution in [3.05, 3.63) is 54.1 Å². The van der Waals surface area contributed by atoms with Crippen LogP contribution in [-0.2, 0) is 10.9 Å². The van der Waals surface area contributed by atoms with Gasteiger partial charge in [0.1, 0.15) is 12.4 Å². The zero-order chi connectivity index (χ0) is 14.7. The molecule has 3 aromatic carbocycles. The maximum absolute atomic E-state index is 6.08. The lowest BCUT2D eigenvalue weighted by Gasteiger charge is -2.15. The molecule has 3 rings (SSSR count). The molecule has 0 fully saturated rings. The molecule has 0 aliphatic heterocycles. The Morgan fingerprint density at radius 3 is 2.57 bits per heavy atom. The van der Waals surface area contributed by atoms with Crippen molar-refractivity contribution >= 4 is 30.8 Å². The summed E-state index contributed by atoms with van der Waals surface area (Å²) < 4.78 is 11.2. The summed E-state index contributed by atoms with van der Waals surface area (Å²) in [5, 5.41) is 4.80. The first-order valence-corrected chi connectivity index (χ1v) is 7.92. The largest absolute Gasteiger partial charge is 0.490 e. The van der Waals surface area contributed by atoms with Crippen LogP contribution in [0.4, 0.5) is 0 Å². The Kier molecular flexibility index (Phi) is 4.38. The third-order valence-corrected chi connectivity index (χ3v) is 4.12. The normalized spacial score (nSPS) is 11.1. The number of fused-ring (bicyclic) bond motifs is 2. The average Bonchev–Trinajstić information content (AvgIpc) is 2.53. The Labute approximate surface area is 127 Å². The highest BCUT2D eigenvalue weighted by molar-refractivity contribution is 7.15. The molecule has 0 radical (unpaired) electrons. The van der Waals surface area contributed by atoms with Gasteiger partial charge in [0.2, 0.25) is 0 Å². The number of hydrogen-bond donors (Lipinski definition) is 0. The van der Waals surface area contributed by atoms with Gasteiger partial charge in [0, 0.05) is 17.9 Å². The van der Waals surface area contributed by atoms with Crippen LogP contribution in [0.1, 0.15) is 5.56 Å². The van der Waals surface area contributed by atoms with E-state index in [1.165, 1.54) is 21.7 Å². The minimum atomic E-state index is 0.560. The highest BCUT2D eigenvalue weighted by Crippen LogP contribution is 2.37. The van der Waals surface area contributed by atoms with Crippen molar-refractivity contribution < 1.29 is 9.47 Å². The van der Waals surface area contributed by atoms with Crippen LogP contribution < -0.4 is 4.74 Å². The van der Waals surface area contributed by atoms with Crippen molar-refractivity contribution in [3.63, 3.8) is 0 Å². The zero-order valence-corrected chi connectivity index (χ0v) is 13.3. The van der Waals surface area contributed by atoms with Crippen LogP contribution in [0.5, 0.6) is 5.75 Å². The summed E-state index contributed by atoms with van der Waals surface area (Å²) in [4.78, 5) is 0. The van der Waals surface area contributed by atoms with Crippen molar-refractivity contribution in [2.24, 2.45) is 0 Å². The summed E-state index contributed by atoms with van der Waals surface area (Å²) in [6, 6.07) is 17.0. The minimum Gasteiger partial charge on any atom is -0.490 e. The summed E-state index contributed by atoms with van der Waals surface area (Å²) in [7, 11) is 4.50. The van der Waals surface area contributed by atoms with E-state index in [1.54, 1.807) is 7.11 Å². The summed E-state index contributed by atoms with van der Waals surface area (Å²) in [6.07, 6.45) is 0.913. The predicted molar refractivity (Wildman–Crippen MR) is 92.2 cm³/mol. The van der Waals surface area contributed by atoms with E-state index in [2.05, 4.69) is 57.8 Å². The number of rotatable bonds is 5. The molecule has 2 nitrogen and oxygen atoms in total. The number of methoxy groups -OCH3 is 1. The van der Waals surface area contributed by atoms with E-state index in [9.17, 15) is 0 Å². The lowest BCUT2D eigenvalue weighted by Crippen LogP contribution is -2.05. The topological polar surface area (TPSA) is 18.5 Å². The molecule has 0 spiro atoms.